The van der Waals surface area contributed by atoms with E-state index in [1.807, 2.05) is 6.20 Å². The summed E-state index contributed by atoms with van der Waals surface area (Å²) in [6.07, 6.45) is 11.4. The van der Waals surface area contributed by atoms with E-state index < -0.39 is 0 Å². The molecule has 82 valence electrons. The van der Waals surface area contributed by atoms with Crippen molar-refractivity contribution in [2.45, 2.75) is 19.3 Å². The lowest BCUT2D eigenvalue weighted by Crippen LogP contribution is -2.41. The average molecular weight is 223 g/mol. The monoisotopic (exact) mass is 223 g/mol. The van der Waals surface area contributed by atoms with Gasteiger partial charge in [-0.05, 0) is 37.1 Å². The van der Waals surface area contributed by atoms with Crippen molar-refractivity contribution in [3.05, 3.63) is 36.6 Å². The molecule has 0 radical (unpaired) electrons. The Morgan fingerprint density at radius 2 is 2.40 bits per heavy atom. The zero-order valence-corrected chi connectivity index (χ0v) is 9.57. The first-order valence-electron chi connectivity index (χ1n) is 5.06. The highest BCUT2D eigenvalue weighted by Crippen LogP contribution is 2.15. The number of allylic oxidation sites excluding steroid dienone is 3. The van der Waals surface area contributed by atoms with Crippen molar-refractivity contribution in [1.82, 2.24) is 16.2 Å². The Kier molecular flexibility index (Phi) is 5.55. The van der Waals surface area contributed by atoms with Crippen molar-refractivity contribution in [1.29, 1.82) is 0 Å². The van der Waals surface area contributed by atoms with Gasteiger partial charge in [0.25, 0.3) is 0 Å². The van der Waals surface area contributed by atoms with Crippen molar-refractivity contribution in [3.8, 4) is 0 Å². The quantitative estimate of drug-likeness (QED) is 0.386. The molecule has 0 unspecified atom stereocenters. The summed E-state index contributed by atoms with van der Waals surface area (Å²) in [4.78, 5) is 0. The van der Waals surface area contributed by atoms with Crippen LogP contribution in [0, 0.1) is 0 Å². The molecule has 0 saturated heterocycles. The minimum Gasteiger partial charge on any atom is -0.358 e. The lowest BCUT2D eigenvalue weighted by atomic mass is 10.0. The highest BCUT2D eigenvalue weighted by molar-refractivity contribution is 7.80. The largest absolute Gasteiger partial charge is 0.358 e. The molecule has 1 aliphatic rings. The van der Waals surface area contributed by atoms with Gasteiger partial charge in [0.15, 0.2) is 5.11 Å². The first-order chi connectivity index (χ1) is 7.33. The molecule has 0 saturated carbocycles. The summed E-state index contributed by atoms with van der Waals surface area (Å²) < 4.78 is 0. The Bertz CT molecular complexity index is 282. The number of thiocarbonyl (C=S) groups is 1. The van der Waals surface area contributed by atoms with Crippen molar-refractivity contribution >= 4 is 17.3 Å². The summed E-state index contributed by atoms with van der Waals surface area (Å²) >= 11 is 5.01. The van der Waals surface area contributed by atoms with Gasteiger partial charge in [0.1, 0.15) is 0 Å². The van der Waals surface area contributed by atoms with E-state index in [0.717, 1.165) is 19.3 Å². The van der Waals surface area contributed by atoms with Gasteiger partial charge in [-0.15, -0.1) is 6.58 Å². The number of hydrogen-bond donors (Lipinski definition) is 3. The Labute approximate surface area is 96.3 Å². The molecule has 3 nitrogen and oxygen atoms in total. The van der Waals surface area contributed by atoms with Gasteiger partial charge in [-0.2, -0.15) is 0 Å². The van der Waals surface area contributed by atoms with Gasteiger partial charge in [0.05, 0.1) is 0 Å². The lowest BCUT2D eigenvalue weighted by Gasteiger charge is -2.11. The molecule has 1 aliphatic carbocycles. The molecular formula is C11H17N3S. The van der Waals surface area contributed by atoms with Crippen LogP contribution in [0.3, 0.4) is 0 Å². The Balaban J connectivity index is 2.16. The lowest BCUT2D eigenvalue weighted by molar-refractivity contribution is 0.768. The van der Waals surface area contributed by atoms with Gasteiger partial charge in [-0.1, -0.05) is 18.2 Å². The first kappa shape index (κ1) is 11.8. The molecule has 0 atom stereocenters. The van der Waals surface area contributed by atoms with Gasteiger partial charge < -0.3 is 10.7 Å². The van der Waals surface area contributed by atoms with Gasteiger partial charge in [0.2, 0.25) is 0 Å². The minimum absolute atomic E-state index is 0.582. The second-order valence-corrected chi connectivity index (χ2v) is 3.69. The molecule has 0 heterocycles. The van der Waals surface area contributed by atoms with E-state index in [1.165, 1.54) is 5.57 Å². The molecule has 0 amide bonds. The van der Waals surface area contributed by atoms with Crippen molar-refractivity contribution in [3.63, 3.8) is 0 Å². The predicted molar refractivity (Wildman–Crippen MR) is 68.1 cm³/mol. The number of hydrogen-bond acceptors (Lipinski definition) is 2. The van der Waals surface area contributed by atoms with E-state index in [-0.39, 0.29) is 0 Å². The predicted octanol–water partition coefficient (Wildman–Crippen LogP) is 1.77. The maximum absolute atomic E-state index is 5.01. The van der Waals surface area contributed by atoms with Gasteiger partial charge in [-0.3, -0.25) is 5.43 Å². The molecule has 15 heavy (non-hydrogen) atoms. The van der Waals surface area contributed by atoms with Crippen LogP contribution in [0.5, 0.6) is 0 Å². The third-order valence-corrected chi connectivity index (χ3v) is 2.29. The number of nitrogens with one attached hydrogen (secondary N) is 3. The van der Waals surface area contributed by atoms with Gasteiger partial charge in [0, 0.05) is 12.7 Å². The third kappa shape index (κ3) is 5.22. The fourth-order valence-electron chi connectivity index (χ4n) is 1.27. The van der Waals surface area contributed by atoms with Crippen molar-refractivity contribution < 1.29 is 0 Å². The summed E-state index contributed by atoms with van der Waals surface area (Å²) in [6.45, 7) is 4.27. The van der Waals surface area contributed by atoms with Crippen LogP contribution in [0.15, 0.2) is 36.6 Å². The van der Waals surface area contributed by atoms with Crippen LogP contribution in [0.4, 0.5) is 0 Å². The van der Waals surface area contributed by atoms with Crippen LogP contribution >= 0.6 is 12.2 Å². The SMILES string of the molecule is C=CCNC(=S)NNC=C1CC=CCC1. The first-order valence-corrected chi connectivity index (χ1v) is 5.47. The molecule has 4 heteroatoms. The molecule has 0 aliphatic heterocycles. The van der Waals surface area contributed by atoms with Gasteiger partial charge >= 0.3 is 0 Å². The van der Waals surface area contributed by atoms with Gasteiger partial charge in [-0.25, -0.2) is 0 Å². The summed E-state index contributed by atoms with van der Waals surface area (Å²) in [5.41, 5.74) is 7.25. The van der Waals surface area contributed by atoms with E-state index in [2.05, 4.69) is 34.9 Å². The molecular weight excluding hydrogens is 206 g/mol. The van der Waals surface area contributed by atoms with Crippen LogP contribution in [0.2, 0.25) is 0 Å². The Hall–Kier alpha value is -1.29. The maximum Gasteiger partial charge on any atom is 0.185 e. The number of rotatable bonds is 4. The Morgan fingerprint density at radius 1 is 1.53 bits per heavy atom. The van der Waals surface area contributed by atoms with Crippen LogP contribution in [0.1, 0.15) is 19.3 Å². The zero-order chi connectivity index (χ0) is 10.9. The summed E-state index contributed by atoms with van der Waals surface area (Å²) in [6, 6.07) is 0. The second kappa shape index (κ2) is 7.06. The van der Waals surface area contributed by atoms with Crippen molar-refractivity contribution in [2.24, 2.45) is 0 Å². The van der Waals surface area contributed by atoms with Crippen LogP contribution in [-0.4, -0.2) is 11.7 Å². The topological polar surface area (TPSA) is 36.1 Å². The zero-order valence-electron chi connectivity index (χ0n) is 8.75. The highest BCUT2D eigenvalue weighted by Gasteiger charge is 1.98. The molecule has 1 rings (SSSR count). The smallest absolute Gasteiger partial charge is 0.185 e. The minimum atomic E-state index is 0.582. The molecule has 0 spiro atoms. The van der Waals surface area contributed by atoms with E-state index in [1.54, 1.807) is 6.08 Å². The molecule has 0 fully saturated rings. The second-order valence-electron chi connectivity index (χ2n) is 3.28. The van der Waals surface area contributed by atoms with E-state index in [0.29, 0.717) is 11.7 Å². The summed E-state index contributed by atoms with van der Waals surface area (Å²) in [7, 11) is 0. The van der Waals surface area contributed by atoms with Crippen LogP contribution < -0.4 is 16.2 Å². The summed E-state index contributed by atoms with van der Waals surface area (Å²) in [5.74, 6) is 0. The Morgan fingerprint density at radius 3 is 3.07 bits per heavy atom. The molecule has 0 aromatic rings. The normalized spacial score (nSPS) is 17.2. The fraction of sp³-hybridized carbons (Fsp3) is 0.364. The van der Waals surface area contributed by atoms with E-state index in [9.17, 15) is 0 Å². The van der Waals surface area contributed by atoms with Crippen LogP contribution in [-0.2, 0) is 0 Å². The van der Waals surface area contributed by atoms with Crippen LogP contribution in [0.25, 0.3) is 0 Å². The molecule has 0 aromatic heterocycles. The highest BCUT2D eigenvalue weighted by atomic mass is 32.1. The van der Waals surface area contributed by atoms with E-state index >= 15 is 0 Å². The van der Waals surface area contributed by atoms with E-state index in [4.69, 9.17) is 12.2 Å². The third-order valence-electron chi connectivity index (χ3n) is 2.05. The number of hydrazine groups is 1. The average Bonchev–Trinajstić information content (AvgIpc) is 2.28. The van der Waals surface area contributed by atoms with Crippen molar-refractivity contribution in [2.75, 3.05) is 6.54 Å². The molecule has 3 N–H and O–H groups in total. The fourth-order valence-corrected chi connectivity index (χ4v) is 1.41. The summed E-state index contributed by atoms with van der Waals surface area (Å²) in [5, 5.41) is 3.55. The molecule has 0 aromatic carbocycles. The standard InChI is InChI=1S/C11H17N3S/c1-2-8-12-11(15)14-13-9-10-6-4-3-5-7-10/h2-4,9,13H,1,5-8H2,(H2,12,14,15). The molecule has 0 bridgehead atoms. The maximum atomic E-state index is 5.01.